The maximum atomic E-state index is 4.73. The summed E-state index contributed by atoms with van der Waals surface area (Å²) in [5.74, 6) is 2.02. The van der Waals surface area contributed by atoms with Gasteiger partial charge >= 0.3 is 0 Å². The minimum absolute atomic E-state index is 0.616. The van der Waals surface area contributed by atoms with Crippen molar-refractivity contribution >= 4 is 16.9 Å². The van der Waals surface area contributed by atoms with Gasteiger partial charge in [0.05, 0.1) is 6.04 Å². The zero-order valence-corrected chi connectivity index (χ0v) is 9.23. The Morgan fingerprint density at radius 3 is 2.85 bits per heavy atom. The van der Waals surface area contributed by atoms with E-state index in [0.29, 0.717) is 12.1 Å². The summed E-state index contributed by atoms with van der Waals surface area (Å²) in [5.41, 5.74) is 0. The first-order valence-electron chi connectivity index (χ1n) is 5.26. The van der Waals surface area contributed by atoms with Crippen LogP contribution in [0.1, 0.15) is 33.1 Å². The van der Waals surface area contributed by atoms with Crippen LogP contribution >= 0.6 is 11.8 Å². The van der Waals surface area contributed by atoms with Crippen LogP contribution < -0.4 is 5.32 Å². The highest BCUT2D eigenvalue weighted by atomic mass is 32.2. The fraction of sp³-hybridized carbons (Fsp3) is 0.900. The van der Waals surface area contributed by atoms with Crippen molar-refractivity contribution < 1.29 is 0 Å². The maximum absolute atomic E-state index is 4.73. The van der Waals surface area contributed by atoms with E-state index in [1.54, 1.807) is 0 Å². The van der Waals surface area contributed by atoms with Crippen molar-refractivity contribution in [1.29, 1.82) is 0 Å². The second-order valence-electron chi connectivity index (χ2n) is 4.12. The van der Waals surface area contributed by atoms with Crippen molar-refractivity contribution in [2.75, 3.05) is 5.75 Å². The summed E-state index contributed by atoms with van der Waals surface area (Å²) in [6.07, 6.45) is 3.87. The molecule has 1 aliphatic heterocycles. The molecule has 1 aliphatic carbocycles. The minimum atomic E-state index is 0.616. The molecule has 0 amide bonds. The molecule has 1 N–H and O–H groups in total. The minimum Gasteiger partial charge on any atom is -0.361 e. The molecule has 2 nitrogen and oxygen atoms in total. The fourth-order valence-electron chi connectivity index (χ4n) is 1.72. The maximum Gasteiger partial charge on any atom is 0.157 e. The lowest BCUT2D eigenvalue weighted by molar-refractivity contribution is 0.284. The van der Waals surface area contributed by atoms with E-state index in [2.05, 4.69) is 19.2 Å². The van der Waals surface area contributed by atoms with Crippen LogP contribution in [0.5, 0.6) is 0 Å². The van der Waals surface area contributed by atoms with Crippen molar-refractivity contribution in [1.82, 2.24) is 5.32 Å². The number of thioether (sulfide) groups is 1. The molecular weight excluding hydrogens is 180 g/mol. The van der Waals surface area contributed by atoms with Crippen LogP contribution in [0, 0.1) is 5.92 Å². The molecule has 0 aromatic rings. The van der Waals surface area contributed by atoms with Gasteiger partial charge in [0, 0.05) is 11.8 Å². The molecule has 3 heteroatoms. The lowest BCUT2D eigenvalue weighted by Crippen LogP contribution is -2.31. The molecule has 1 saturated carbocycles. The third-order valence-corrected chi connectivity index (χ3v) is 4.17. The molecule has 13 heavy (non-hydrogen) atoms. The number of rotatable bonds is 2. The van der Waals surface area contributed by atoms with Gasteiger partial charge in [0.1, 0.15) is 0 Å². The van der Waals surface area contributed by atoms with Crippen LogP contribution in [-0.4, -0.2) is 23.0 Å². The lowest BCUT2D eigenvalue weighted by atomic mass is 9.82. The molecule has 2 aliphatic rings. The highest BCUT2D eigenvalue weighted by Gasteiger charge is 2.28. The number of hydrogen-bond donors (Lipinski definition) is 1. The van der Waals surface area contributed by atoms with E-state index in [1.165, 1.54) is 30.2 Å². The Bertz CT molecular complexity index is 215. The Morgan fingerprint density at radius 1 is 1.54 bits per heavy atom. The number of nitrogens with zero attached hydrogens (tertiary/aromatic N) is 1. The molecule has 1 saturated heterocycles. The van der Waals surface area contributed by atoms with Gasteiger partial charge in [0.15, 0.2) is 5.17 Å². The second kappa shape index (κ2) is 3.91. The van der Waals surface area contributed by atoms with Crippen molar-refractivity contribution in [2.45, 2.75) is 45.2 Å². The largest absolute Gasteiger partial charge is 0.361 e. The quantitative estimate of drug-likeness (QED) is 0.736. The lowest BCUT2D eigenvalue weighted by Gasteiger charge is -2.30. The van der Waals surface area contributed by atoms with E-state index in [0.717, 1.165) is 5.92 Å². The third kappa shape index (κ3) is 2.01. The Labute approximate surface area is 84.6 Å². The molecule has 0 aromatic heterocycles. The molecule has 0 aromatic carbocycles. The van der Waals surface area contributed by atoms with Crippen LogP contribution in [0.2, 0.25) is 0 Å². The monoisotopic (exact) mass is 198 g/mol. The Kier molecular flexibility index (Phi) is 2.82. The van der Waals surface area contributed by atoms with Gasteiger partial charge in [-0.15, -0.1) is 0 Å². The first-order valence-corrected chi connectivity index (χ1v) is 6.25. The van der Waals surface area contributed by atoms with Crippen LogP contribution in [0.25, 0.3) is 0 Å². The van der Waals surface area contributed by atoms with E-state index in [4.69, 9.17) is 4.99 Å². The highest BCUT2D eigenvalue weighted by molar-refractivity contribution is 8.14. The van der Waals surface area contributed by atoms with Crippen molar-refractivity contribution in [3.8, 4) is 0 Å². The SMILES string of the molecule is CCC1CSC(=NC2CCC2C)N1. The van der Waals surface area contributed by atoms with Gasteiger partial charge < -0.3 is 5.32 Å². The predicted octanol–water partition coefficient (Wildman–Crippen LogP) is 2.26. The zero-order chi connectivity index (χ0) is 9.26. The first-order chi connectivity index (χ1) is 6.29. The van der Waals surface area contributed by atoms with Gasteiger partial charge in [-0.2, -0.15) is 0 Å². The number of amidine groups is 1. The van der Waals surface area contributed by atoms with Crippen LogP contribution in [0.3, 0.4) is 0 Å². The van der Waals surface area contributed by atoms with Gasteiger partial charge in [-0.1, -0.05) is 25.6 Å². The average Bonchev–Trinajstić information content (AvgIpc) is 2.59. The van der Waals surface area contributed by atoms with Crippen molar-refractivity contribution in [3.05, 3.63) is 0 Å². The van der Waals surface area contributed by atoms with Gasteiger partial charge in [-0.25, -0.2) is 0 Å². The van der Waals surface area contributed by atoms with Crippen molar-refractivity contribution in [2.24, 2.45) is 10.9 Å². The summed E-state index contributed by atoms with van der Waals surface area (Å²) in [7, 11) is 0. The van der Waals surface area contributed by atoms with E-state index < -0.39 is 0 Å². The summed E-state index contributed by atoms with van der Waals surface area (Å²) in [4.78, 5) is 4.73. The van der Waals surface area contributed by atoms with E-state index >= 15 is 0 Å². The molecule has 0 spiro atoms. The molecule has 2 fully saturated rings. The summed E-state index contributed by atoms with van der Waals surface area (Å²) in [5, 5.41) is 4.67. The number of hydrogen-bond acceptors (Lipinski definition) is 2. The Morgan fingerprint density at radius 2 is 2.38 bits per heavy atom. The topological polar surface area (TPSA) is 24.4 Å². The zero-order valence-electron chi connectivity index (χ0n) is 8.42. The number of nitrogens with one attached hydrogen (secondary N) is 1. The normalized spacial score (nSPS) is 41.7. The predicted molar refractivity (Wildman–Crippen MR) is 59.3 cm³/mol. The molecular formula is C10H18N2S. The summed E-state index contributed by atoms with van der Waals surface area (Å²) < 4.78 is 0. The van der Waals surface area contributed by atoms with Gasteiger partial charge in [-0.3, -0.25) is 4.99 Å². The first kappa shape index (κ1) is 9.38. The van der Waals surface area contributed by atoms with Crippen LogP contribution in [-0.2, 0) is 0 Å². The third-order valence-electron chi connectivity index (χ3n) is 3.10. The summed E-state index contributed by atoms with van der Waals surface area (Å²) in [6, 6.07) is 1.28. The number of aliphatic imine (C=N–C) groups is 1. The fourth-order valence-corrected chi connectivity index (χ4v) is 2.86. The van der Waals surface area contributed by atoms with Gasteiger partial charge in [0.25, 0.3) is 0 Å². The Balaban J connectivity index is 1.87. The van der Waals surface area contributed by atoms with E-state index in [-0.39, 0.29) is 0 Å². The van der Waals surface area contributed by atoms with Crippen LogP contribution in [0.4, 0.5) is 0 Å². The molecule has 1 heterocycles. The van der Waals surface area contributed by atoms with E-state index in [1.807, 2.05) is 11.8 Å². The molecule has 3 atom stereocenters. The standard InChI is InChI=1S/C10H18N2S/c1-3-8-6-13-10(11-8)12-9-5-4-7(9)2/h7-9H,3-6H2,1-2H3,(H,11,12). The highest BCUT2D eigenvalue weighted by Crippen LogP contribution is 2.31. The van der Waals surface area contributed by atoms with Gasteiger partial charge in [0.2, 0.25) is 0 Å². The second-order valence-corrected chi connectivity index (χ2v) is 5.13. The summed E-state index contributed by atoms with van der Waals surface area (Å²) >= 11 is 1.89. The molecule has 0 bridgehead atoms. The van der Waals surface area contributed by atoms with Crippen LogP contribution in [0.15, 0.2) is 4.99 Å². The molecule has 0 radical (unpaired) electrons. The van der Waals surface area contributed by atoms with Crippen molar-refractivity contribution in [3.63, 3.8) is 0 Å². The molecule has 3 unspecified atom stereocenters. The Hall–Kier alpha value is -0.180. The molecule has 2 rings (SSSR count). The molecule has 74 valence electrons. The summed E-state index contributed by atoms with van der Waals surface area (Å²) in [6.45, 7) is 4.53. The van der Waals surface area contributed by atoms with Gasteiger partial charge in [-0.05, 0) is 25.2 Å². The average molecular weight is 198 g/mol. The van der Waals surface area contributed by atoms with E-state index in [9.17, 15) is 0 Å². The smallest absolute Gasteiger partial charge is 0.157 e.